The van der Waals surface area contributed by atoms with Crippen LogP contribution in [0.25, 0.3) is 0 Å². The number of benzene rings is 1. The predicted octanol–water partition coefficient (Wildman–Crippen LogP) is 4.33. The van der Waals surface area contributed by atoms with E-state index in [1.165, 1.54) is 12.8 Å². The van der Waals surface area contributed by atoms with E-state index < -0.39 is 6.04 Å². The molecule has 2 amide bonds. The van der Waals surface area contributed by atoms with Crippen LogP contribution in [-0.2, 0) is 9.59 Å². The van der Waals surface area contributed by atoms with Crippen LogP contribution in [0.5, 0.6) is 11.5 Å². The van der Waals surface area contributed by atoms with Gasteiger partial charge in [-0.1, -0.05) is 38.7 Å². The molecule has 1 aliphatic carbocycles. The number of rotatable bonds is 7. The molecule has 0 bridgehead atoms. The summed E-state index contributed by atoms with van der Waals surface area (Å²) in [7, 11) is 1.60. The summed E-state index contributed by atoms with van der Waals surface area (Å²) in [5, 5.41) is 0. The topological polar surface area (TPSA) is 59.1 Å². The summed E-state index contributed by atoms with van der Waals surface area (Å²) in [6.45, 7) is 6.78. The van der Waals surface area contributed by atoms with Crippen molar-refractivity contribution in [2.45, 2.75) is 83.8 Å². The summed E-state index contributed by atoms with van der Waals surface area (Å²) < 4.78 is 11.3. The van der Waals surface area contributed by atoms with E-state index in [1.807, 2.05) is 36.9 Å². The number of amides is 2. The molecule has 1 aliphatic heterocycles. The number of carbonyl (C=O) groups excluding carboxylic acids is 2. The van der Waals surface area contributed by atoms with Gasteiger partial charge >= 0.3 is 0 Å². The highest BCUT2D eigenvalue weighted by atomic mass is 16.5. The number of ether oxygens (including phenoxy) is 2. The average molecular weight is 417 g/mol. The Morgan fingerprint density at radius 1 is 1.07 bits per heavy atom. The van der Waals surface area contributed by atoms with Gasteiger partial charge in [-0.05, 0) is 50.8 Å². The summed E-state index contributed by atoms with van der Waals surface area (Å²) >= 11 is 0. The first kappa shape index (κ1) is 22.4. The third-order valence-corrected chi connectivity index (χ3v) is 6.18. The van der Waals surface area contributed by atoms with Gasteiger partial charge in [-0.15, -0.1) is 0 Å². The van der Waals surface area contributed by atoms with E-state index in [1.54, 1.807) is 12.0 Å². The molecule has 0 radical (unpaired) electrons. The first-order chi connectivity index (χ1) is 14.5. The molecule has 1 aromatic rings. The summed E-state index contributed by atoms with van der Waals surface area (Å²) in [4.78, 5) is 30.4. The van der Waals surface area contributed by atoms with Crippen LogP contribution >= 0.6 is 0 Å². The second-order valence-electron chi connectivity index (χ2n) is 8.67. The Balaban J connectivity index is 1.95. The summed E-state index contributed by atoms with van der Waals surface area (Å²) in [6, 6.07) is 5.08. The minimum absolute atomic E-state index is 0.0177. The van der Waals surface area contributed by atoms with Crippen LogP contribution in [0.1, 0.15) is 77.3 Å². The van der Waals surface area contributed by atoms with Gasteiger partial charge in [0, 0.05) is 12.1 Å². The van der Waals surface area contributed by atoms with Crippen molar-refractivity contribution in [1.82, 2.24) is 9.80 Å². The maximum atomic E-state index is 13.7. The zero-order valence-corrected chi connectivity index (χ0v) is 18.9. The number of hydrogen-bond acceptors (Lipinski definition) is 4. The van der Waals surface area contributed by atoms with Gasteiger partial charge in [-0.3, -0.25) is 9.59 Å². The second-order valence-corrected chi connectivity index (χ2v) is 8.67. The fourth-order valence-corrected chi connectivity index (χ4v) is 4.68. The highest BCUT2D eigenvalue weighted by Crippen LogP contribution is 2.37. The van der Waals surface area contributed by atoms with Gasteiger partial charge in [0.05, 0.1) is 13.7 Å². The SMILES string of the molecule is CCCOc1ccc([C@@H]2C(=O)N(C3CCCCCC3)CC(=O)N2C(C)C)cc1OC. The molecule has 2 aliphatic rings. The number of carbonyl (C=O) groups is 2. The quantitative estimate of drug-likeness (QED) is 0.621. The molecule has 0 aromatic heterocycles. The Morgan fingerprint density at radius 2 is 1.77 bits per heavy atom. The molecular formula is C24H36N2O4. The molecule has 6 heteroatoms. The lowest BCUT2D eigenvalue weighted by Gasteiger charge is -2.45. The van der Waals surface area contributed by atoms with Crippen molar-refractivity contribution < 1.29 is 19.1 Å². The fourth-order valence-electron chi connectivity index (χ4n) is 4.68. The lowest BCUT2D eigenvalue weighted by molar-refractivity contribution is -0.160. The summed E-state index contributed by atoms with van der Waals surface area (Å²) in [6.07, 6.45) is 7.55. The van der Waals surface area contributed by atoms with E-state index in [0.717, 1.165) is 37.7 Å². The van der Waals surface area contributed by atoms with Gasteiger partial charge in [0.1, 0.15) is 12.6 Å². The molecule has 30 heavy (non-hydrogen) atoms. The van der Waals surface area contributed by atoms with Gasteiger partial charge in [0.15, 0.2) is 11.5 Å². The third-order valence-electron chi connectivity index (χ3n) is 6.18. The van der Waals surface area contributed by atoms with Crippen molar-refractivity contribution in [2.24, 2.45) is 0 Å². The van der Waals surface area contributed by atoms with E-state index in [-0.39, 0.29) is 30.4 Å². The van der Waals surface area contributed by atoms with Gasteiger partial charge in [0.25, 0.3) is 5.91 Å². The van der Waals surface area contributed by atoms with Gasteiger partial charge < -0.3 is 19.3 Å². The molecular weight excluding hydrogens is 380 g/mol. The van der Waals surface area contributed by atoms with Crippen LogP contribution in [0, 0.1) is 0 Å². The summed E-state index contributed by atoms with van der Waals surface area (Å²) in [5.41, 5.74) is 0.779. The smallest absolute Gasteiger partial charge is 0.250 e. The van der Waals surface area contributed by atoms with E-state index in [9.17, 15) is 9.59 Å². The third kappa shape index (κ3) is 4.73. The average Bonchev–Trinajstić information content (AvgIpc) is 3.02. The zero-order valence-electron chi connectivity index (χ0n) is 18.9. The van der Waals surface area contributed by atoms with E-state index in [4.69, 9.17) is 9.47 Å². The molecule has 2 fully saturated rings. The van der Waals surface area contributed by atoms with Crippen molar-refractivity contribution in [2.75, 3.05) is 20.3 Å². The van der Waals surface area contributed by atoms with Crippen LogP contribution in [0.2, 0.25) is 0 Å². The maximum Gasteiger partial charge on any atom is 0.250 e. The van der Waals surface area contributed by atoms with Crippen LogP contribution in [0.4, 0.5) is 0 Å². The molecule has 0 N–H and O–H groups in total. The van der Waals surface area contributed by atoms with Crippen LogP contribution in [0.3, 0.4) is 0 Å². The largest absolute Gasteiger partial charge is 0.493 e. The first-order valence-electron chi connectivity index (χ1n) is 11.4. The molecule has 1 saturated heterocycles. The van der Waals surface area contributed by atoms with Gasteiger partial charge in [-0.25, -0.2) is 0 Å². The number of methoxy groups -OCH3 is 1. The number of piperazine rings is 1. The fraction of sp³-hybridized carbons (Fsp3) is 0.667. The van der Waals surface area contributed by atoms with Crippen LogP contribution in [0.15, 0.2) is 18.2 Å². The molecule has 1 heterocycles. The van der Waals surface area contributed by atoms with Crippen LogP contribution < -0.4 is 9.47 Å². The maximum absolute atomic E-state index is 13.7. The highest BCUT2D eigenvalue weighted by Gasteiger charge is 2.44. The predicted molar refractivity (Wildman–Crippen MR) is 117 cm³/mol. The van der Waals surface area contributed by atoms with Crippen molar-refractivity contribution in [3.05, 3.63) is 23.8 Å². The van der Waals surface area contributed by atoms with Crippen molar-refractivity contribution in [3.8, 4) is 11.5 Å². The Labute approximate surface area is 180 Å². The Morgan fingerprint density at radius 3 is 2.37 bits per heavy atom. The molecule has 1 aromatic carbocycles. The standard InChI is InChI=1S/C24H36N2O4/c1-5-14-30-20-13-12-18(15-21(20)29-4)23-24(28)25(16-22(27)26(23)17(2)3)19-10-8-6-7-9-11-19/h12-13,15,17,19,23H,5-11,14,16H2,1-4H3/t23-/m1/s1. The van der Waals surface area contributed by atoms with Crippen molar-refractivity contribution >= 4 is 11.8 Å². The summed E-state index contributed by atoms with van der Waals surface area (Å²) in [5.74, 6) is 1.30. The van der Waals surface area contributed by atoms with Gasteiger partial charge in [0.2, 0.25) is 5.91 Å². The monoisotopic (exact) mass is 416 g/mol. The van der Waals surface area contributed by atoms with E-state index in [2.05, 4.69) is 6.92 Å². The normalized spacial score (nSPS) is 21.2. The second kappa shape index (κ2) is 10.2. The highest BCUT2D eigenvalue weighted by molar-refractivity contribution is 5.96. The first-order valence-corrected chi connectivity index (χ1v) is 11.4. The molecule has 1 atom stereocenters. The Kier molecular flexibility index (Phi) is 7.62. The molecule has 0 spiro atoms. The molecule has 6 nitrogen and oxygen atoms in total. The minimum Gasteiger partial charge on any atom is -0.493 e. The Hall–Kier alpha value is -2.24. The molecule has 3 rings (SSSR count). The lowest BCUT2D eigenvalue weighted by Crippen LogP contribution is -2.59. The number of hydrogen-bond donors (Lipinski definition) is 0. The van der Waals surface area contributed by atoms with E-state index >= 15 is 0 Å². The zero-order chi connectivity index (χ0) is 21.7. The molecule has 166 valence electrons. The van der Waals surface area contributed by atoms with Gasteiger partial charge in [-0.2, -0.15) is 0 Å². The van der Waals surface area contributed by atoms with Crippen molar-refractivity contribution in [1.29, 1.82) is 0 Å². The van der Waals surface area contributed by atoms with Crippen LogP contribution in [-0.4, -0.2) is 54.0 Å². The number of nitrogens with zero attached hydrogens (tertiary/aromatic N) is 2. The van der Waals surface area contributed by atoms with E-state index in [0.29, 0.717) is 18.1 Å². The minimum atomic E-state index is -0.622. The molecule has 0 unspecified atom stereocenters. The Bertz CT molecular complexity index is 741. The van der Waals surface area contributed by atoms with Crippen molar-refractivity contribution in [3.63, 3.8) is 0 Å². The molecule has 1 saturated carbocycles. The lowest BCUT2D eigenvalue weighted by atomic mass is 9.96.